The van der Waals surface area contributed by atoms with E-state index in [0.29, 0.717) is 51.3 Å². The SMILES string of the molecule is C=CCOCCOCCOCCOCC[SiH2]C(C)(C)C(C)C. The zero-order chi connectivity index (χ0) is 16.7. The average Bonchev–Trinajstić information content (AvgIpc) is 2.47. The molecule has 132 valence electrons. The molecule has 0 rings (SSSR count). The Hall–Kier alpha value is -0.203. The molecule has 0 aliphatic rings. The zero-order valence-electron chi connectivity index (χ0n) is 15.1. The van der Waals surface area contributed by atoms with Gasteiger partial charge in [0.1, 0.15) is 0 Å². The van der Waals surface area contributed by atoms with Gasteiger partial charge in [0.05, 0.1) is 46.2 Å². The molecule has 0 unspecified atom stereocenters. The molecule has 0 atom stereocenters. The predicted octanol–water partition coefficient (Wildman–Crippen LogP) is 2.68. The maximum absolute atomic E-state index is 5.62. The third kappa shape index (κ3) is 13.5. The Balaban J connectivity index is 3.16. The summed E-state index contributed by atoms with van der Waals surface area (Å²) in [5, 5.41) is 0.534. The van der Waals surface area contributed by atoms with Crippen LogP contribution in [0.25, 0.3) is 0 Å². The van der Waals surface area contributed by atoms with E-state index in [0.717, 1.165) is 12.5 Å². The van der Waals surface area contributed by atoms with Gasteiger partial charge >= 0.3 is 0 Å². The molecule has 0 bridgehead atoms. The maximum Gasteiger partial charge on any atom is 0.0704 e. The van der Waals surface area contributed by atoms with Crippen LogP contribution in [0.4, 0.5) is 0 Å². The normalized spacial score (nSPS) is 12.6. The predicted molar refractivity (Wildman–Crippen MR) is 95.7 cm³/mol. The van der Waals surface area contributed by atoms with E-state index in [9.17, 15) is 0 Å². The Kier molecular flexibility index (Phi) is 14.3. The molecule has 0 saturated heterocycles. The highest BCUT2D eigenvalue weighted by Crippen LogP contribution is 2.33. The second-order valence-corrected chi connectivity index (χ2v) is 9.48. The number of hydrogen-bond acceptors (Lipinski definition) is 4. The van der Waals surface area contributed by atoms with E-state index < -0.39 is 0 Å². The van der Waals surface area contributed by atoms with E-state index in [1.165, 1.54) is 6.04 Å². The fourth-order valence-corrected chi connectivity index (χ4v) is 3.58. The number of ether oxygens (including phenoxy) is 4. The first-order valence-corrected chi connectivity index (χ1v) is 10.1. The van der Waals surface area contributed by atoms with Crippen molar-refractivity contribution >= 4 is 9.52 Å². The molecule has 0 aliphatic carbocycles. The third-order valence-electron chi connectivity index (χ3n) is 4.02. The van der Waals surface area contributed by atoms with E-state index in [-0.39, 0.29) is 9.52 Å². The Morgan fingerprint density at radius 2 is 1.32 bits per heavy atom. The van der Waals surface area contributed by atoms with E-state index >= 15 is 0 Å². The minimum absolute atomic E-state index is 0.0720. The molecule has 0 saturated carbocycles. The Morgan fingerprint density at radius 3 is 1.77 bits per heavy atom. The largest absolute Gasteiger partial charge is 0.379 e. The molecule has 0 aromatic carbocycles. The molecule has 0 aromatic rings. The smallest absolute Gasteiger partial charge is 0.0704 e. The van der Waals surface area contributed by atoms with Crippen LogP contribution in [0.5, 0.6) is 0 Å². The van der Waals surface area contributed by atoms with Gasteiger partial charge in [-0.25, -0.2) is 0 Å². The van der Waals surface area contributed by atoms with Gasteiger partial charge in [-0.2, -0.15) is 0 Å². The minimum atomic E-state index is -0.0720. The molecule has 0 aromatic heterocycles. The summed E-state index contributed by atoms with van der Waals surface area (Å²) in [7, 11) is -0.0720. The standard InChI is InChI=1S/C17H36O4Si/c1-6-7-18-8-9-19-10-11-20-12-13-21-14-15-22-17(4,5)16(2)3/h6,16H,1,7-15,22H2,2-5H3. The van der Waals surface area contributed by atoms with Crippen molar-refractivity contribution in [1.82, 2.24) is 0 Å². The van der Waals surface area contributed by atoms with Crippen molar-refractivity contribution in [2.45, 2.75) is 38.8 Å². The molecule has 0 amide bonds. The van der Waals surface area contributed by atoms with Crippen LogP contribution in [0.3, 0.4) is 0 Å². The van der Waals surface area contributed by atoms with Crippen molar-refractivity contribution in [3.63, 3.8) is 0 Å². The first-order valence-electron chi connectivity index (χ1n) is 8.42. The summed E-state index contributed by atoms with van der Waals surface area (Å²) in [6.07, 6.45) is 1.73. The summed E-state index contributed by atoms with van der Waals surface area (Å²) in [5.41, 5.74) is 0. The molecule has 4 nitrogen and oxygen atoms in total. The van der Waals surface area contributed by atoms with Gasteiger partial charge in [-0.3, -0.25) is 0 Å². The van der Waals surface area contributed by atoms with Crippen molar-refractivity contribution in [2.24, 2.45) is 5.92 Å². The van der Waals surface area contributed by atoms with Crippen LogP contribution in [0.1, 0.15) is 27.7 Å². The molecule has 0 heterocycles. The summed E-state index contributed by atoms with van der Waals surface area (Å²) in [6.45, 7) is 18.2. The lowest BCUT2D eigenvalue weighted by molar-refractivity contribution is 0.00238. The van der Waals surface area contributed by atoms with E-state index in [2.05, 4.69) is 34.3 Å². The minimum Gasteiger partial charge on any atom is -0.379 e. The van der Waals surface area contributed by atoms with E-state index in [1.54, 1.807) is 6.08 Å². The summed E-state index contributed by atoms with van der Waals surface area (Å²) in [5.74, 6) is 0.768. The lowest BCUT2D eigenvalue weighted by Crippen LogP contribution is -2.20. The quantitative estimate of drug-likeness (QED) is 0.247. The number of rotatable bonds is 16. The topological polar surface area (TPSA) is 36.9 Å². The summed E-state index contributed by atoms with van der Waals surface area (Å²) in [6, 6.07) is 1.25. The first-order chi connectivity index (χ1) is 10.5. The third-order valence-corrected chi connectivity index (χ3v) is 6.77. The van der Waals surface area contributed by atoms with Crippen LogP contribution >= 0.6 is 0 Å². The van der Waals surface area contributed by atoms with Crippen molar-refractivity contribution in [1.29, 1.82) is 0 Å². The Bertz CT molecular complexity index is 257. The van der Waals surface area contributed by atoms with Gasteiger partial charge < -0.3 is 18.9 Å². The molecule has 22 heavy (non-hydrogen) atoms. The van der Waals surface area contributed by atoms with E-state index in [4.69, 9.17) is 18.9 Å². The molecule has 0 fully saturated rings. The van der Waals surface area contributed by atoms with Gasteiger partial charge in [0, 0.05) is 16.1 Å². The van der Waals surface area contributed by atoms with Crippen LogP contribution in [0.15, 0.2) is 12.7 Å². The van der Waals surface area contributed by atoms with Crippen LogP contribution in [0.2, 0.25) is 11.1 Å². The first kappa shape index (κ1) is 21.8. The summed E-state index contributed by atoms with van der Waals surface area (Å²) < 4.78 is 21.6. The van der Waals surface area contributed by atoms with E-state index in [1.807, 2.05) is 0 Å². The molecule has 0 radical (unpaired) electrons. The fraction of sp³-hybridized carbons (Fsp3) is 0.882. The van der Waals surface area contributed by atoms with Crippen molar-refractivity contribution in [2.75, 3.05) is 52.9 Å². The number of hydrogen-bond donors (Lipinski definition) is 0. The lowest BCUT2D eigenvalue weighted by atomic mass is 9.99. The van der Waals surface area contributed by atoms with Gasteiger partial charge in [0.25, 0.3) is 0 Å². The highest BCUT2D eigenvalue weighted by atomic mass is 28.2. The highest BCUT2D eigenvalue weighted by Gasteiger charge is 2.21. The summed E-state index contributed by atoms with van der Waals surface area (Å²) >= 11 is 0. The van der Waals surface area contributed by atoms with Gasteiger partial charge in [-0.15, -0.1) is 6.58 Å². The summed E-state index contributed by atoms with van der Waals surface area (Å²) in [4.78, 5) is 0. The van der Waals surface area contributed by atoms with Crippen LogP contribution in [-0.4, -0.2) is 62.4 Å². The van der Waals surface area contributed by atoms with Crippen molar-refractivity contribution in [3.05, 3.63) is 12.7 Å². The molecule has 0 N–H and O–H groups in total. The van der Waals surface area contributed by atoms with Gasteiger partial charge in [-0.1, -0.05) is 33.8 Å². The molecular formula is C17H36O4Si. The highest BCUT2D eigenvalue weighted by molar-refractivity contribution is 6.39. The van der Waals surface area contributed by atoms with Gasteiger partial charge in [-0.05, 0) is 17.0 Å². The van der Waals surface area contributed by atoms with Crippen LogP contribution in [-0.2, 0) is 18.9 Å². The second kappa shape index (κ2) is 14.4. The average molecular weight is 333 g/mol. The zero-order valence-corrected chi connectivity index (χ0v) is 16.5. The second-order valence-electron chi connectivity index (χ2n) is 6.45. The van der Waals surface area contributed by atoms with Gasteiger partial charge in [0.15, 0.2) is 0 Å². The molecule has 0 aliphatic heterocycles. The Morgan fingerprint density at radius 1 is 0.864 bits per heavy atom. The maximum atomic E-state index is 5.62. The Labute approximate surface area is 139 Å². The molecule has 5 heteroatoms. The van der Waals surface area contributed by atoms with Crippen LogP contribution in [0, 0.1) is 5.92 Å². The monoisotopic (exact) mass is 332 g/mol. The molecular weight excluding hydrogens is 296 g/mol. The molecule has 0 spiro atoms. The van der Waals surface area contributed by atoms with Gasteiger partial charge in [0.2, 0.25) is 0 Å². The van der Waals surface area contributed by atoms with Crippen LogP contribution < -0.4 is 0 Å². The van der Waals surface area contributed by atoms with Crippen molar-refractivity contribution in [3.8, 4) is 0 Å². The lowest BCUT2D eigenvalue weighted by Gasteiger charge is -2.28. The fourth-order valence-electron chi connectivity index (χ4n) is 1.74. The van der Waals surface area contributed by atoms with Crippen molar-refractivity contribution < 1.29 is 18.9 Å².